The minimum atomic E-state index is 0.792. The number of hydrogen-bond donors (Lipinski definition) is 1. The van der Waals surface area contributed by atoms with Crippen LogP contribution in [0.1, 0.15) is 5.56 Å². The summed E-state index contributed by atoms with van der Waals surface area (Å²) in [6.07, 6.45) is 2.67. The lowest BCUT2D eigenvalue weighted by Gasteiger charge is -2.01. The van der Waals surface area contributed by atoms with E-state index in [1.807, 2.05) is 12.1 Å². The number of imidazole rings is 1. The number of aromatic nitrogens is 2. The molecule has 1 N–H and O–H groups in total. The van der Waals surface area contributed by atoms with Gasteiger partial charge in [-0.1, -0.05) is 0 Å². The van der Waals surface area contributed by atoms with E-state index >= 15 is 0 Å². The average Bonchev–Trinajstić information content (AvgIpc) is 2.84. The molecule has 1 aromatic carbocycles. The average molecular weight is 265 g/mol. The first kappa shape index (κ1) is 8.97. The van der Waals surface area contributed by atoms with Gasteiger partial charge < -0.3 is 9.72 Å². The number of ether oxygens (including phenoxy) is 1. The third-order valence-electron chi connectivity index (χ3n) is 2.56. The van der Waals surface area contributed by atoms with Crippen LogP contribution >= 0.6 is 15.9 Å². The molecule has 0 amide bonds. The van der Waals surface area contributed by atoms with E-state index in [4.69, 9.17) is 4.74 Å². The van der Waals surface area contributed by atoms with Crippen molar-refractivity contribution in [1.82, 2.24) is 9.97 Å². The SMILES string of the molecule is Brc1[nH]cnc1-c1ccc2c(c1)CCO2. The number of aromatic amines is 1. The zero-order chi connectivity index (χ0) is 10.3. The molecule has 76 valence electrons. The van der Waals surface area contributed by atoms with Gasteiger partial charge in [-0.2, -0.15) is 0 Å². The summed E-state index contributed by atoms with van der Waals surface area (Å²) in [6, 6.07) is 6.19. The van der Waals surface area contributed by atoms with E-state index in [0.717, 1.165) is 34.6 Å². The zero-order valence-electron chi connectivity index (χ0n) is 7.96. The van der Waals surface area contributed by atoms with Crippen molar-refractivity contribution in [3.8, 4) is 17.0 Å². The van der Waals surface area contributed by atoms with Crippen LogP contribution < -0.4 is 4.74 Å². The summed E-state index contributed by atoms with van der Waals surface area (Å²) in [6.45, 7) is 0.792. The molecule has 15 heavy (non-hydrogen) atoms. The van der Waals surface area contributed by atoms with Crippen molar-refractivity contribution in [2.75, 3.05) is 6.61 Å². The van der Waals surface area contributed by atoms with Crippen LogP contribution in [0.25, 0.3) is 11.3 Å². The number of nitrogens with zero attached hydrogens (tertiary/aromatic N) is 1. The van der Waals surface area contributed by atoms with E-state index < -0.39 is 0 Å². The summed E-state index contributed by atoms with van der Waals surface area (Å²) in [7, 11) is 0. The van der Waals surface area contributed by atoms with Crippen LogP contribution in [0.3, 0.4) is 0 Å². The van der Waals surface area contributed by atoms with Crippen LogP contribution in [0.4, 0.5) is 0 Å². The van der Waals surface area contributed by atoms with E-state index in [0.29, 0.717) is 0 Å². The molecule has 4 heteroatoms. The van der Waals surface area contributed by atoms with Gasteiger partial charge in [0.25, 0.3) is 0 Å². The molecular weight excluding hydrogens is 256 g/mol. The fourth-order valence-corrected chi connectivity index (χ4v) is 2.25. The van der Waals surface area contributed by atoms with E-state index in [1.54, 1.807) is 6.33 Å². The highest BCUT2D eigenvalue weighted by atomic mass is 79.9. The highest BCUT2D eigenvalue weighted by molar-refractivity contribution is 9.10. The molecular formula is C11H9BrN2O. The first-order valence-corrected chi connectivity index (χ1v) is 5.59. The first-order valence-electron chi connectivity index (χ1n) is 4.79. The van der Waals surface area contributed by atoms with Crippen molar-refractivity contribution in [2.45, 2.75) is 6.42 Å². The standard InChI is InChI=1S/C11H9BrN2O/c12-11-10(13-6-14-11)8-1-2-9-7(5-8)3-4-15-9/h1-2,5-6H,3-4H2,(H,13,14). The summed E-state index contributed by atoms with van der Waals surface area (Å²) in [5, 5.41) is 0. The number of hydrogen-bond acceptors (Lipinski definition) is 2. The summed E-state index contributed by atoms with van der Waals surface area (Å²) < 4.78 is 6.38. The Labute approximate surface area is 95.6 Å². The number of rotatable bonds is 1. The van der Waals surface area contributed by atoms with Gasteiger partial charge >= 0.3 is 0 Å². The summed E-state index contributed by atoms with van der Waals surface area (Å²) in [5.41, 5.74) is 3.33. The highest BCUT2D eigenvalue weighted by Gasteiger charge is 2.14. The third-order valence-corrected chi connectivity index (χ3v) is 3.16. The van der Waals surface area contributed by atoms with Gasteiger partial charge in [0.2, 0.25) is 0 Å². The molecule has 0 saturated heterocycles. The Morgan fingerprint density at radius 1 is 1.40 bits per heavy atom. The van der Waals surface area contributed by atoms with Gasteiger partial charge in [0.15, 0.2) is 0 Å². The number of benzene rings is 1. The van der Waals surface area contributed by atoms with Crippen LogP contribution in [-0.2, 0) is 6.42 Å². The minimum Gasteiger partial charge on any atom is -0.493 e. The second-order valence-corrected chi connectivity index (χ2v) is 4.28. The van der Waals surface area contributed by atoms with Gasteiger partial charge in [-0.3, -0.25) is 0 Å². The molecule has 0 aliphatic carbocycles. The molecule has 0 atom stereocenters. The van der Waals surface area contributed by atoms with Gasteiger partial charge in [0.05, 0.1) is 12.9 Å². The van der Waals surface area contributed by atoms with Crippen molar-refractivity contribution in [3.63, 3.8) is 0 Å². The number of halogens is 1. The van der Waals surface area contributed by atoms with Crippen LogP contribution in [0, 0.1) is 0 Å². The normalized spacial score (nSPS) is 13.7. The topological polar surface area (TPSA) is 37.9 Å². The predicted octanol–water partition coefficient (Wildman–Crippen LogP) is 2.77. The Morgan fingerprint density at radius 2 is 2.33 bits per heavy atom. The third kappa shape index (κ3) is 1.45. The minimum absolute atomic E-state index is 0.792. The van der Waals surface area contributed by atoms with E-state index in [1.165, 1.54) is 5.56 Å². The van der Waals surface area contributed by atoms with Crippen LogP contribution in [0.5, 0.6) is 5.75 Å². The molecule has 0 radical (unpaired) electrons. The van der Waals surface area contributed by atoms with Gasteiger partial charge in [0, 0.05) is 12.0 Å². The van der Waals surface area contributed by atoms with Gasteiger partial charge in [-0.15, -0.1) is 0 Å². The summed E-state index contributed by atoms with van der Waals surface area (Å²) >= 11 is 3.43. The molecule has 1 aromatic heterocycles. The zero-order valence-corrected chi connectivity index (χ0v) is 9.54. The summed E-state index contributed by atoms with van der Waals surface area (Å²) in [5.74, 6) is 1.01. The first-order chi connectivity index (χ1) is 7.34. The lowest BCUT2D eigenvalue weighted by atomic mass is 10.1. The Hall–Kier alpha value is -1.29. The van der Waals surface area contributed by atoms with Gasteiger partial charge in [-0.25, -0.2) is 4.98 Å². The van der Waals surface area contributed by atoms with Crippen LogP contribution in [0.15, 0.2) is 29.1 Å². The van der Waals surface area contributed by atoms with Crippen molar-refractivity contribution < 1.29 is 4.74 Å². The van der Waals surface area contributed by atoms with Crippen molar-refractivity contribution >= 4 is 15.9 Å². The van der Waals surface area contributed by atoms with E-state index in [9.17, 15) is 0 Å². The maximum absolute atomic E-state index is 5.46. The van der Waals surface area contributed by atoms with Crippen molar-refractivity contribution in [2.24, 2.45) is 0 Å². The Kier molecular flexibility index (Phi) is 2.02. The molecule has 3 nitrogen and oxygen atoms in total. The number of nitrogens with one attached hydrogen (secondary N) is 1. The molecule has 1 aliphatic rings. The molecule has 0 spiro atoms. The van der Waals surface area contributed by atoms with Crippen molar-refractivity contribution in [1.29, 1.82) is 0 Å². The molecule has 2 heterocycles. The fraction of sp³-hybridized carbons (Fsp3) is 0.182. The Balaban J connectivity index is 2.11. The lowest BCUT2D eigenvalue weighted by Crippen LogP contribution is -1.85. The van der Waals surface area contributed by atoms with Gasteiger partial charge in [0.1, 0.15) is 16.0 Å². The highest BCUT2D eigenvalue weighted by Crippen LogP contribution is 2.31. The maximum Gasteiger partial charge on any atom is 0.122 e. The second-order valence-electron chi connectivity index (χ2n) is 3.49. The second kappa shape index (κ2) is 3.38. The van der Waals surface area contributed by atoms with Crippen LogP contribution in [0.2, 0.25) is 0 Å². The Bertz CT molecular complexity index is 507. The maximum atomic E-state index is 5.46. The monoisotopic (exact) mass is 264 g/mol. The molecule has 2 aromatic rings. The number of H-pyrrole nitrogens is 1. The quantitative estimate of drug-likeness (QED) is 0.860. The molecule has 0 bridgehead atoms. The largest absolute Gasteiger partial charge is 0.493 e. The van der Waals surface area contributed by atoms with E-state index in [2.05, 4.69) is 32.0 Å². The predicted molar refractivity (Wildman–Crippen MR) is 60.9 cm³/mol. The van der Waals surface area contributed by atoms with Crippen LogP contribution in [-0.4, -0.2) is 16.6 Å². The van der Waals surface area contributed by atoms with Crippen molar-refractivity contribution in [3.05, 3.63) is 34.7 Å². The van der Waals surface area contributed by atoms with Gasteiger partial charge in [-0.05, 0) is 39.7 Å². The number of fused-ring (bicyclic) bond motifs is 1. The smallest absolute Gasteiger partial charge is 0.122 e. The molecule has 0 fully saturated rings. The molecule has 0 unspecified atom stereocenters. The molecule has 3 rings (SSSR count). The summed E-state index contributed by atoms with van der Waals surface area (Å²) in [4.78, 5) is 7.28. The lowest BCUT2D eigenvalue weighted by molar-refractivity contribution is 0.357. The molecule has 1 aliphatic heterocycles. The molecule has 0 saturated carbocycles. The van der Waals surface area contributed by atoms with E-state index in [-0.39, 0.29) is 0 Å². The Morgan fingerprint density at radius 3 is 3.13 bits per heavy atom. The fourth-order valence-electron chi connectivity index (χ4n) is 1.81.